The Morgan fingerprint density at radius 1 is 1.69 bits per heavy atom. The average Bonchev–Trinajstić information content (AvgIpc) is 2.78. The van der Waals surface area contributed by atoms with Gasteiger partial charge in [-0.1, -0.05) is 6.92 Å². The predicted molar refractivity (Wildman–Crippen MR) is 66.0 cm³/mol. The van der Waals surface area contributed by atoms with Crippen molar-refractivity contribution >= 4 is 17.6 Å². The SMILES string of the molecule is CCN1CCCC(c2nc(CC=O)cs2)C1. The lowest BCUT2D eigenvalue weighted by molar-refractivity contribution is -0.107. The zero-order chi connectivity index (χ0) is 11.4. The number of rotatable bonds is 4. The van der Waals surface area contributed by atoms with Gasteiger partial charge in [0.2, 0.25) is 0 Å². The number of likely N-dealkylation sites (N-methyl/N-ethyl adjacent to an activating group) is 1. The molecule has 16 heavy (non-hydrogen) atoms. The Labute approximate surface area is 100 Å². The quantitative estimate of drug-likeness (QED) is 0.753. The highest BCUT2D eigenvalue weighted by Gasteiger charge is 2.22. The van der Waals surface area contributed by atoms with Crippen molar-refractivity contribution in [2.75, 3.05) is 19.6 Å². The van der Waals surface area contributed by atoms with E-state index in [1.807, 2.05) is 5.38 Å². The van der Waals surface area contributed by atoms with Crippen molar-refractivity contribution in [3.63, 3.8) is 0 Å². The molecule has 0 spiro atoms. The van der Waals surface area contributed by atoms with Gasteiger partial charge in [0.1, 0.15) is 6.29 Å². The van der Waals surface area contributed by atoms with E-state index in [9.17, 15) is 4.79 Å². The molecule has 0 saturated carbocycles. The van der Waals surface area contributed by atoms with Crippen molar-refractivity contribution in [2.24, 2.45) is 0 Å². The number of hydrogen-bond donors (Lipinski definition) is 0. The lowest BCUT2D eigenvalue weighted by Gasteiger charge is -2.30. The van der Waals surface area contributed by atoms with Crippen molar-refractivity contribution in [2.45, 2.75) is 32.1 Å². The fraction of sp³-hybridized carbons (Fsp3) is 0.667. The number of carbonyl (C=O) groups excluding carboxylic acids is 1. The summed E-state index contributed by atoms with van der Waals surface area (Å²) in [6, 6.07) is 0. The van der Waals surface area contributed by atoms with Crippen molar-refractivity contribution < 1.29 is 4.79 Å². The number of thiazole rings is 1. The maximum absolute atomic E-state index is 10.4. The van der Waals surface area contributed by atoms with Crippen LogP contribution < -0.4 is 0 Å². The number of aldehydes is 1. The van der Waals surface area contributed by atoms with Crippen LogP contribution in [0.25, 0.3) is 0 Å². The van der Waals surface area contributed by atoms with Gasteiger partial charge in [-0.3, -0.25) is 0 Å². The largest absolute Gasteiger partial charge is 0.303 e. The van der Waals surface area contributed by atoms with E-state index in [1.54, 1.807) is 11.3 Å². The fourth-order valence-electron chi connectivity index (χ4n) is 2.23. The molecule has 0 aliphatic carbocycles. The van der Waals surface area contributed by atoms with Gasteiger partial charge in [0.05, 0.1) is 10.7 Å². The van der Waals surface area contributed by atoms with Crippen LogP contribution in [0.5, 0.6) is 0 Å². The van der Waals surface area contributed by atoms with E-state index >= 15 is 0 Å². The Balaban J connectivity index is 2.02. The van der Waals surface area contributed by atoms with E-state index < -0.39 is 0 Å². The minimum absolute atomic E-state index is 0.459. The Kier molecular flexibility index (Phi) is 4.07. The number of hydrogen-bond acceptors (Lipinski definition) is 4. The van der Waals surface area contributed by atoms with Gasteiger partial charge < -0.3 is 9.69 Å². The maximum atomic E-state index is 10.4. The van der Waals surface area contributed by atoms with Gasteiger partial charge in [0, 0.05) is 24.3 Å². The van der Waals surface area contributed by atoms with E-state index in [4.69, 9.17) is 0 Å². The zero-order valence-corrected chi connectivity index (χ0v) is 10.5. The van der Waals surface area contributed by atoms with Crippen LogP contribution >= 0.6 is 11.3 Å². The summed E-state index contributed by atoms with van der Waals surface area (Å²) in [4.78, 5) is 17.4. The summed E-state index contributed by atoms with van der Waals surface area (Å²) in [7, 11) is 0. The number of aromatic nitrogens is 1. The maximum Gasteiger partial charge on any atom is 0.125 e. The molecule has 1 aromatic heterocycles. The minimum atomic E-state index is 0.459. The van der Waals surface area contributed by atoms with Crippen LogP contribution in [0, 0.1) is 0 Å². The Morgan fingerprint density at radius 3 is 3.31 bits per heavy atom. The molecule has 0 N–H and O–H groups in total. The first-order valence-corrected chi connectivity index (χ1v) is 6.81. The first-order chi connectivity index (χ1) is 7.83. The summed E-state index contributed by atoms with van der Waals surface area (Å²) in [5.74, 6) is 0.583. The molecule has 1 saturated heterocycles. The first-order valence-electron chi connectivity index (χ1n) is 5.93. The summed E-state index contributed by atoms with van der Waals surface area (Å²) < 4.78 is 0. The molecule has 2 heterocycles. The second kappa shape index (κ2) is 5.55. The molecule has 88 valence electrons. The van der Waals surface area contributed by atoms with Gasteiger partial charge in [-0.2, -0.15) is 0 Å². The highest BCUT2D eigenvalue weighted by atomic mass is 32.1. The zero-order valence-electron chi connectivity index (χ0n) is 9.69. The van der Waals surface area contributed by atoms with Crippen molar-refractivity contribution in [3.05, 3.63) is 16.1 Å². The molecule has 4 heteroatoms. The van der Waals surface area contributed by atoms with Crippen molar-refractivity contribution in [1.82, 2.24) is 9.88 Å². The number of likely N-dealkylation sites (tertiary alicyclic amines) is 1. The van der Waals surface area contributed by atoms with Crippen LogP contribution in [0.2, 0.25) is 0 Å². The number of carbonyl (C=O) groups is 1. The summed E-state index contributed by atoms with van der Waals surface area (Å²) in [5.41, 5.74) is 0.934. The van der Waals surface area contributed by atoms with Crippen LogP contribution in [-0.2, 0) is 11.2 Å². The molecular formula is C12H18N2OS. The molecule has 1 atom stereocenters. The summed E-state index contributed by atoms with van der Waals surface area (Å²) in [6.07, 6.45) is 3.89. The van der Waals surface area contributed by atoms with E-state index in [0.717, 1.165) is 25.1 Å². The monoisotopic (exact) mass is 238 g/mol. The molecule has 0 amide bonds. The van der Waals surface area contributed by atoms with E-state index in [0.29, 0.717) is 12.3 Å². The van der Waals surface area contributed by atoms with Crippen LogP contribution in [-0.4, -0.2) is 35.8 Å². The van der Waals surface area contributed by atoms with E-state index in [1.165, 1.54) is 24.4 Å². The van der Waals surface area contributed by atoms with Gasteiger partial charge in [0.25, 0.3) is 0 Å². The lowest BCUT2D eigenvalue weighted by atomic mass is 9.99. The minimum Gasteiger partial charge on any atom is -0.303 e. The highest BCUT2D eigenvalue weighted by molar-refractivity contribution is 7.09. The van der Waals surface area contributed by atoms with Crippen LogP contribution in [0.1, 0.15) is 36.4 Å². The molecule has 0 radical (unpaired) electrons. The fourth-order valence-corrected chi connectivity index (χ4v) is 3.19. The summed E-state index contributed by atoms with van der Waals surface area (Å²) in [5, 5.41) is 3.24. The molecule has 1 aliphatic rings. The number of nitrogens with zero attached hydrogens (tertiary/aromatic N) is 2. The Hall–Kier alpha value is -0.740. The average molecular weight is 238 g/mol. The van der Waals surface area contributed by atoms with Gasteiger partial charge in [0.15, 0.2) is 0 Å². The summed E-state index contributed by atoms with van der Waals surface area (Å²) in [6.45, 7) is 5.69. The molecule has 1 aliphatic heterocycles. The second-order valence-corrected chi connectivity index (χ2v) is 5.17. The smallest absolute Gasteiger partial charge is 0.125 e. The molecular weight excluding hydrogens is 220 g/mol. The Morgan fingerprint density at radius 2 is 2.56 bits per heavy atom. The van der Waals surface area contributed by atoms with Gasteiger partial charge in [-0.25, -0.2) is 4.98 Å². The first kappa shape index (κ1) is 11.7. The molecule has 0 aromatic carbocycles. The molecule has 0 bridgehead atoms. The lowest BCUT2D eigenvalue weighted by Crippen LogP contribution is -2.34. The number of piperidine rings is 1. The molecule has 3 nitrogen and oxygen atoms in total. The second-order valence-electron chi connectivity index (χ2n) is 4.28. The van der Waals surface area contributed by atoms with Crippen LogP contribution in [0.4, 0.5) is 0 Å². The topological polar surface area (TPSA) is 33.2 Å². The van der Waals surface area contributed by atoms with E-state index in [-0.39, 0.29) is 0 Å². The van der Waals surface area contributed by atoms with Crippen molar-refractivity contribution in [1.29, 1.82) is 0 Å². The van der Waals surface area contributed by atoms with Crippen molar-refractivity contribution in [3.8, 4) is 0 Å². The highest BCUT2D eigenvalue weighted by Crippen LogP contribution is 2.29. The normalized spacial score (nSPS) is 22.2. The van der Waals surface area contributed by atoms with E-state index in [2.05, 4.69) is 16.8 Å². The third kappa shape index (κ3) is 2.68. The third-order valence-corrected chi connectivity index (χ3v) is 4.22. The predicted octanol–water partition coefficient (Wildman–Crippen LogP) is 2.08. The van der Waals surface area contributed by atoms with Gasteiger partial charge in [-0.15, -0.1) is 11.3 Å². The Bertz CT molecular complexity index is 351. The molecule has 1 aromatic rings. The molecule has 1 fully saturated rings. The summed E-state index contributed by atoms with van der Waals surface area (Å²) >= 11 is 1.71. The standard InChI is InChI=1S/C12H18N2OS/c1-2-14-6-3-4-10(8-14)12-13-11(5-7-15)9-16-12/h7,9-10H,2-6,8H2,1H3. The van der Waals surface area contributed by atoms with Crippen LogP contribution in [0.15, 0.2) is 5.38 Å². The van der Waals surface area contributed by atoms with Gasteiger partial charge in [-0.05, 0) is 25.9 Å². The molecule has 2 rings (SSSR count). The third-order valence-electron chi connectivity index (χ3n) is 3.16. The van der Waals surface area contributed by atoms with Crippen LogP contribution in [0.3, 0.4) is 0 Å². The van der Waals surface area contributed by atoms with Gasteiger partial charge >= 0.3 is 0 Å². The molecule has 1 unspecified atom stereocenters.